The summed E-state index contributed by atoms with van der Waals surface area (Å²) < 4.78 is 5.19. The van der Waals surface area contributed by atoms with E-state index in [2.05, 4.69) is 4.98 Å². The molecule has 24 heavy (non-hydrogen) atoms. The Hall–Kier alpha value is -3.08. The second kappa shape index (κ2) is 5.85. The molecule has 0 saturated heterocycles. The SMILES string of the molecule is O=C(OCC(=O)N1CCc2ccccc21)c1cc2ccccc2[nH]1. The number of benzene rings is 2. The van der Waals surface area contributed by atoms with E-state index in [9.17, 15) is 9.59 Å². The molecule has 0 fully saturated rings. The normalized spacial score (nSPS) is 13.1. The summed E-state index contributed by atoms with van der Waals surface area (Å²) in [5.74, 6) is -0.726. The Bertz CT molecular complexity index is 896. The van der Waals surface area contributed by atoms with E-state index < -0.39 is 5.97 Å². The van der Waals surface area contributed by atoms with E-state index in [0.29, 0.717) is 12.2 Å². The number of H-pyrrole nitrogens is 1. The quantitative estimate of drug-likeness (QED) is 0.755. The summed E-state index contributed by atoms with van der Waals surface area (Å²) in [5, 5.41) is 0.934. The predicted molar refractivity (Wildman–Crippen MR) is 91.1 cm³/mol. The molecule has 1 aliphatic rings. The number of hydrogen-bond acceptors (Lipinski definition) is 3. The molecule has 0 atom stereocenters. The third-order valence-electron chi connectivity index (χ3n) is 4.26. The summed E-state index contributed by atoms with van der Waals surface area (Å²) in [4.78, 5) is 29.2. The number of carbonyl (C=O) groups is 2. The zero-order valence-corrected chi connectivity index (χ0v) is 13.0. The van der Waals surface area contributed by atoms with Crippen LogP contribution in [0.15, 0.2) is 54.6 Å². The highest BCUT2D eigenvalue weighted by atomic mass is 16.5. The zero-order valence-electron chi connectivity index (χ0n) is 13.0. The van der Waals surface area contributed by atoms with Crippen LogP contribution < -0.4 is 4.90 Å². The minimum atomic E-state index is -0.521. The molecule has 5 heteroatoms. The maximum atomic E-state index is 12.4. The molecule has 3 aromatic rings. The Morgan fingerprint density at radius 3 is 2.75 bits per heavy atom. The number of fused-ring (bicyclic) bond motifs is 2. The van der Waals surface area contributed by atoms with Gasteiger partial charge in [-0.3, -0.25) is 4.79 Å². The molecule has 2 heterocycles. The lowest BCUT2D eigenvalue weighted by atomic mass is 10.2. The first-order valence-corrected chi connectivity index (χ1v) is 7.85. The van der Waals surface area contributed by atoms with Crippen LogP contribution in [0.1, 0.15) is 16.1 Å². The standard InChI is InChI=1S/C19H16N2O3/c22-18(21-10-9-13-5-2-4-8-17(13)21)12-24-19(23)16-11-14-6-1-3-7-15(14)20-16/h1-8,11,20H,9-10,12H2. The predicted octanol–water partition coefficient (Wildman–Crippen LogP) is 2.91. The lowest BCUT2D eigenvalue weighted by molar-refractivity contribution is -0.121. The van der Waals surface area contributed by atoms with Crippen LogP contribution in [0.3, 0.4) is 0 Å². The van der Waals surface area contributed by atoms with Gasteiger partial charge in [-0.25, -0.2) is 4.79 Å². The average molecular weight is 320 g/mol. The minimum Gasteiger partial charge on any atom is -0.451 e. The first-order valence-electron chi connectivity index (χ1n) is 7.85. The van der Waals surface area contributed by atoms with E-state index in [0.717, 1.165) is 28.6 Å². The lowest BCUT2D eigenvalue weighted by Crippen LogP contribution is -2.33. The fourth-order valence-corrected chi connectivity index (χ4v) is 3.06. The maximum absolute atomic E-state index is 12.4. The van der Waals surface area contributed by atoms with E-state index in [-0.39, 0.29) is 12.5 Å². The van der Waals surface area contributed by atoms with Crippen molar-refractivity contribution in [3.05, 3.63) is 65.9 Å². The third kappa shape index (κ3) is 2.54. The number of aromatic nitrogens is 1. The number of anilines is 1. The molecule has 0 bridgehead atoms. The van der Waals surface area contributed by atoms with Crippen molar-refractivity contribution >= 4 is 28.5 Å². The van der Waals surface area contributed by atoms with Crippen LogP contribution in [0.4, 0.5) is 5.69 Å². The van der Waals surface area contributed by atoms with Crippen LogP contribution in [0.2, 0.25) is 0 Å². The van der Waals surface area contributed by atoms with Gasteiger partial charge in [0.05, 0.1) is 0 Å². The smallest absolute Gasteiger partial charge is 0.355 e. The molecule has 120 valence electrons. The molecule has 0 spiro atoms. The number of nitrogens with one attached hydrogen (secondary N) is 1. The summed E-state index contributed by atoms with van der Waals surface area (Å²) in [6.07, 6.45) is 0.831. The van der Waals surface area contributed by atoms with Gasteiger partial charge in [0.2, 0.25) is 0 Å². The van der Waals surface area contributed by atoms with Gasteiger partial charge in [-0.05, 0) is 30.2 Å². The van der Waals surface area contributed by atoms with E-state index in [4.69, 9.17) is 4.74 Å². The number of para-hydroxylation sites is 2. The number of aromatic amines is 1. The molecule has 1 N–H and O–H groups in total. The fraction of sp³-hybridized carbons (Fsp3) is 0.158. The summed E-state index contributed by atoms with van der Waals surface area (Å²) in [6.45, 7) is 0.366. The van der Waals surface area contributed by atoms with Crippen molar-refractivity contribution in [1.29, 1.82) is 0 Å². The largest absolute Gasteiger partial charge is 0.451 e. The first kappa shape index (κ1) is 14.5. The van der Waals surface area contributed by atoms with Crippen molar-refractivity contribution in [3.8, 4) is 0 Å². The van der Waals surface area contributed by atoms with Gasteiger partial charge >= 0.3 is 5.97 Å². The molecule has 0 aliphatic carbocycles. The summed E-state index contributed by atoms with van der Waals surface area (Å²) >= 11 is 0. The van der Waals surface area contributed by atoms with Crippen molar-refractivity contribution in [2.75, 3.05) is 18.1 Å². The van der Waals surface area contributed by atoms with E-state index in [1.54, 1.807) is 11.0 Å². The molecular formula is C19H16N2O3. The summed E-state index contributed by atoms with van der Waals surface area (Å²) in [5.41, 5.74) is 3.27. The van der Waals surface area contributed by atoms with Gasteiger partial charge in [0, 0.05) is 23.1 Å². The minimum absolute atomic E-state index is 0.204. The summed E-state index contributed by atoms with van der Waals surface area (Å²) in [7, 11) is 0. The van der Waals surface area contributed by atoms with Gasteiger partial charge in [0.15, 0.2) is 6.61 Å². The van der Waals surface area contributed by atoms with Crippen molar-refractivity contribution in [1.82, 2.24) is 4.98 Å². The van der Waals surface area contributed by atoms with Gasteiger partial charge in [-0.1, -0.05) is 36.4 Å². The van der Waals surface area contributed by atoms with Gasteiger partial charge in [-0.2, -0.15) is 0 Å². The van der Waals surface area contributed by atoms with E-state index >= 15 is 0 Å². The highest BCUT2D eigenvalue weighted by molar-refractivity contribution is 5.99. The van der Waals surface area contributed by atoms with Crippen LogP contribution in [-0.4, -0.2) is 30.0 Å². The van der Waals surface area contributed by atoms with Crippen LogP contribution in [-0.2, 0) is 16.0 Å². The molecule has 1 aromatic heterocycles. The van der Waals surface area contributed by atoms with Crippen LogP contribution in [0.25, 0.3) is 10.9 Å². The molecule has 0 saturated carbocycles. The average Bonchev–Trinajstić information content (AvgIpc) is 3.23. The maximum Gasteiger partial charge on any atom is 0.355 e. The molecule has 4 rings (SSSR count). The monoisotopic (exact) mass is 320 g/mol. The fourth-order valence-electron chi connectivity index (χ4n) is 3.06. The molecule has 0 unspecified atom stereocenters. The van der Waals surface area contributed by atoms with Crippen LogP contribution in [0.5, 0.6) is 0 Å². The van der Waals surface area contributed by atoms with Crippen molar-refractivity contribution in [3.63, 3.8) is 0 Å². The number of rotatable bonds is 3. The molecular weight excluding hydrogens is 304 g/mol. The third-order valence-corrected chi connectivity index (χ3v) is 4.26. The first-order chi connectivity index (χ1) is 11.7. The lowest BCUT2D eigenvalue weighted by Gasteiger charge is -2.16. The Balaban J connectivity index is 1.43. The summed E-state index contributed by atoms with van der Waals surface area (Å²) in [6, 6.07) is 17.1. The van der Waals surface area contributed by atoms with Crippen molar-refractivity contribution in [2.24, 2.45) is 0 Å². The Labute approximate surface area is 138 Å². The Morgan fingerprint density at radius 1 is 1.08 bits per heavy atom. The highest BCUT2D eigenvalue weighted by Crippen LogP contribution is 2.27. The van der Waals surface area contributed by atoms with E-state index in [1.165, 1.54) is 0 Å². The molecule has 0 radical (unpaired) electrons. The zero-order chi connectivity index (χ0) is 16.5. The number of carbonyl (C=O) groups excluding carboxylic acids is 2. The molecule has 5 nitrogen and oxygen atoms in total. The van der Waals surface area contributed by atoms with Crippen molar-refractivity contribution in [2.45, 2.75) is 6.42 Å². The number of esters is 1. The van der Waals surface area contributed by atoms with Gasteiger partial charge in [-0.15, -0.1) is 0 Å². The van der Waals surface area contributed by atoms with Crippen molar-refractivity contribution < 1.29 is 14.3 Å². The second-order valence-corrected chi connectivity index (χ2v) is 5.77. The van der Waals surface area contributed by atoms with Crippen LogP contribution in [0, 0.1) is 0 Å². The Kier molecular flexibility index (Phi) is 3.54. The number of amides is 1. The highest BCUT2D eigenvalue weighted by Gasteiger charge is 2.25. The second-order valence-electron chi connectivity index (χ2n) is 5.77. The number of ether oxygens (including phenoxy) is 1. The van der Waals surface area contributed by atoms with Crippen LogP contribution >= 0.6 is 0 Å². The molecule has 2 aromatic carbocycles. The molecule has 1 aliphatic heterocycles. The molecule has 1 amide bonds. The Morgan fingerprint density at radius 2 is 1.88 bits per heavy atom. The number of nitrogens with zero attached hydrogens (tertiary/aromatic N) is 1. The van der Waals surface area contributed by atoms with Gasteiger partial charge in [0.25, 0.3) is 5.91 Å². The van der Waals surface area contributed by atoms with E-state index in [1.807, 2.05) is 48.5 Å². The topological polar surface area (TPSA) is 62.4 Å². The van der Waals surface area contributed by atoms with Gasteiger partial charge < -0.3 is 14.6 Å². The van der Waals surface area contributed by atoms with Gasteiger partial charge in [0.1, 0.15) is 5.69 Å². The number of hydrogen-bond donors (Lipinski definition) is 1.